The molecule has 2 heterocycles. The Kier molecular flexibility index (Phi) is 5.25. The predicted octanol–water partition coefficient (Wildman–Crippen LogP) is 1.85. The highest BCUT2D eigenvalue weighted by Crippen LogP contribution is 2.18. The van der Waals surface area contributed by atoms with Crippen molar-refractivity contribution in [1.29, 1.82) is 0 Å². The van der Waals surface area contributed by atoms with Crippen LogP contribution in [0, 0.1) is 0 Å². The van der Waals surface area contributed by atoms with Gasteiger partial charge in [0.05, 0.1) is 6.33 Å². The molecule has 4 N–H and O–H groups in total. The monoisotopic (exact) mass is 296 g/mol. The highest BCUT2D eigenvalue weighted by atomic mass is 35.5. The Morgan fingerprint density at radius 1 is 1.30 bits per heavy atom. The number of amides is 1. The van der Waals surface area contributed by atoms with Crippen LogP contribution in [0.25, 0.3) is 11.2 Å². The highest BCUT2D eigenvalue weighted by molar-refractivity contribution is 6.33. The van der Waals surface area contributed by atoms with Crippen LogP contribution in [0.4, 0.5) is 5.95 Å². The molecule has 0 fully saturated rings. The molecule has 0 spiro atoms. The molecule has 0 aromatic carbocycles. The quantitative estimate of drug-likeness (QED) is 0.533. The smallest absolute Gasteiger partial charge is 0.233 e. The SMILES string of the molecule is NCCCCCCC(=O)Nc1nc(Cl)c2[nH]cnc2n1. The lowest BCUT2D eigenvalue weighted by atomic mass is 10.1. The van der Waals surface area contributed by atoms with Crippen LogP contribution in [0.1, 0.15) is 32.1 Å². The molecule has 0 aliphatic carbocycles. The molecule has 7 nitrogen and oxygen atoms in total. The molecule has 8 heteroatoms. The Bertz CT molecular complexity index is 584. The summed E-state index contributed by atoms with van der Waals surface area (Å²) in [5, 5.41) is 2.87. The number of hydrogen-bond donors (Lipinski definition) is 3. The summed E-state index contributed by atoms with van der Waals surface area (Å²) in [6.07, 6.45) is 5.77. The van der Waals surface area contributed by atoms with Crippen LogP contribution in [0.5, 0.6) is 0 Å². The fraction of sp³-hybridized carbons (Fsp3) is 0.500. The number of nitrogens with one attached hydrogen (secondary N) is 2. The van der Waals surface area contributed by atoms with Gasteiger partial charge in [-0.25, -0.2) is 4.98 Å². The first-order chi connectivity index (χ1) is 9.70. The summed E-state index contributed by atoms with van der Waals surface area (Å²) in [5.74, 6) is 0.0604. The van der Waals surface area contributed by atoms with E-state index in [2.05, 4.69) is 25.3 Å². The Labute approximate surface area is 121 Å². The summed E-state index contributed by atoms with van der Waals surface area (Å²) in [4.78, 5) is 26.7. The van der Waals surface area contributed by atoms with Gasteiger partial charge in [-0.1, -0.05) is 24.4 Å². The van der Waals surface area contributed by atoms with Crippen molar-refractivity contribution in [3.8, 4) is 0 Å². The molecule has 2 aromatic rings. The average Bonchev–Trinajstić information content (AvgIpc) is 2.87. The van der Waals surface area contributed by atoms with Crippen molar-refractivity contribution in [2.75, 3.05) is 11.9 Å². The largest absolute Gasteiger partial charge is 0.341 e. The van der Waals surface area contributed by atoms with Crippen molar-refractivity contribution < 1.29 is 4.79 Å². The van der Waals surface area contributed by atoms with Crippen LogP contribution in [0.15, 0.2) is 6.33 Å². The third-order valence-corrected chi connectivity index (χ3v) is 3.12. The molecule has 0 saturated carbocycles. The minimum Gasteiger partial charge on any atom is -0.341 e. The van der Waals surface area contributed by atoms with Crippen molar-refractivity contribution in [3.63, 3.8) is 0 Å². The van der Waals surface area contributed by atoms with Crippen molar-refractivity contribution in [2.24, 2.45) is 5.73 Å². The lowest BCUT2D eigenvalue weighted by Gasteiger charge is -2.04. The maximum Gasteiger partial charge on any atom is 0.233 e. The molecule has 0 aliphatic rings. The summed E-state index contributed by atoms with van der Waals surface area (Å²) < 4.78 is 0. The molecule has 20 heavy (non-hydrogen) atoms. The topological polar surface area (TPSA) is 110 Å². The second-order valence-corrected chi connectivity index (χ2v) is 4.80. The third-order valence-electron chi connectivity index (χ3n) is 2.85. The number of unbranched alkanes of at least 4 members (excludes halogenated alkanes) is 3. The maximum atomic E-state index is 11.7. The molecule has 0 saturated heterocycles. The number of anilines is 1. The number of fused-ring (bicyclic) bond motifs is 1. The normalized spacial score (nSPS) is 10.9. The van der Waals surface area contributed by atoms with Gasteiger partial charge in [0.2, 0.25) is 11.9 Å². The average molecular weight is 297 g/mol. The van der Waals surface area contributed by atoms with E-state index in [1.54, 1.807) is 0 Å². The van der Waals surface area contributed by atoms with Gasteiger partial charge in [-0.3, -0.25) is 10.1 Å². The number of aromatic amines is 1. The van der Waals surface area contributed by atoms with Gasteiger partial charge in [0, 0.05) is 6.42 Å². The fourth-order valence-electron chi connectivity index (χ4n) is 1.82. The van der Waals surface area contributed by atoms with Crippen molar-refractivity contribution in [3.05, 3.63) is 11.5 Å². The summed E-state index contributed by atoms with van der Waals surface area (Å²) in [7, 11) is 0. The minimum absolute atomic E-state index is 0.122. The van der Waals surface area contributed by atoms with Crippen LogP contribution < -0.4 is 11.1 Å². The van der Waals surface area contributed by atoms with Gasteiger partial charge in [-0.2, -0.15) is 9.97 Å². The highest BCUT2D eigenvalue weighted by Gasteiger charge is 2.10. The summed E-state index contributed by atoms with van der Waals surface area (Å²) in [6.45, 7) is 0.697. The standard InChI is InChI=1S/C12H17ClN6O/c13-10-9-11(16-7-15-9)19-12(18-10)17-8(20)5-3-1-2-4-6-14/h7H,1-6,14H2,(H2,15,16,17,18,19,20). The van der Waals surface area contributed by atoms with Gasteiger partial charge < -0.3 is 10.7 Å². The zero-order chi connectivity index (χ0) is 14.4. The van der Waals surface area contributed by atoms with Crippen LogP contribution in [-0.4, -0.2) is 32.4 Å². The number of carbonyl (C=O) groups excluding carboxylic acids is 1. The second-order valence-electron chi connectivity index (χ2n) is 4.44. The second kappa shape index (κ2) is 7.16. The van der Waals surface area contributed by atoms with Gasteiger partial charge in [0.25, 0.3) is 0 Å². The lowest BCUT2D eigenvalue weighted by molar-refractivity contribution is -0.116. The number of imidazole rings is 1. The number of hydrogen-bond acceptors (Lipinski definition) is 5. The van der Waals surface area contributed by atoms with Crippen molar-refractivity contribution in [1.82, 2.24) is 19.9 Å². The van der Waals surface area contributed by atoms with E-state index < -0.39 is 0 Å². The number of nitrogens with two attached hydrogens (primary N) is 1. The van der Waals surface area contributed by atoms with Crippen LogP contribution in [0.2, 0.25) is 5.15 Å². The molecule has 0 radical (unpaired) electrons. The predicted molar refractivity (Wildman–Crippen MR) is 77.5 cm³/mol. The number of halogens is 1. The molecular weight excluding hydrogens is 280 g/mol. The van der Waals surface area contributed by atoms with Gasteiger partial charge in [0.15, 0.2) is 10.8 Å². The number of rotatable bonds is 7. The van der Waals surface area contributed by atoms with E-state index in [4.69, 9.17) is 17.3 Å². The molecular formula is C12H17ClN6O. The first-order valence-electron chi connectivity index (χ1n) is 6.57. The summed E-state index contributed by atoms with van der Waals surface area (Å²) in [6, 6.07) is 0. The van der Waals surface area contributed by atoms with Crippen molar-refractivity contribution >= 4 is 34.6 Å². The first kappa shape index (κ1) is 14.7. The first-order valence-corrected chi connectivity index (χ1v) is 6.95. The molecule has 2 aromatic heterocycles. The molecule has 0 bridgehead atoms. The molecule has 2 rings (SSSR count). The zero-order valence-corrected chi connectivity index (χ0v) is 11.8. The molecule has 0 unspecified atom stereocenters. The minimum atomic E-state index is -0.122. The van der Waals surface area contributed by atoms with E-state index in [0.717, 1.165) is 25.7 Å². The lowest BCUT2D eigenvalue weighted by Crippen LogP contribution is -2.13. The van der Waals surface area contributed by atoms with Crippen LogP contribution in [-0.2, 0) is 4.79 Å². The van der Waals surface area contributed by atoms with E-state index >= 15 is 0 Å². The molecule has 0 aliphatic heterocycles. The third kappa shape index (κ3) is 3.88. The number of nitrogens with zero attached hydrogens (tertiary/aromatic N) is 3. The molecule has 0 atom stereocenters. The van der Waals surface area contributed by atoms with Crippen LogP contribution in [0.3, 0.4) is 0 Å². The number of aromatic nitrogens is 4. The van der Waals surface area contributed by atoms with Crippen LogP contribution >= 0.6 is 11.6 Å². The summed E-state index contributed by atoms with van der Waals surface area (Å²) in [5.41, 5.74) is 6.40. The Morgan fingerprint density at radius 3 is 2.90 bits per heavy atom. The Morgan fingerprint density at radius 2 is 2.10 bits per heavy atom. The van der Waals surface area contributed by atoms with E-state index in [1.165, 1.54) is 6.33 Å². The van der Waals surface area contributed by atoms with E-state index in [-0.39, 0.29) is 17.0 Å². The molecule has 108 valence electrons. The molecule has 1 amide bonds. The summed E-state index contributed by atoms with van der Waals surface area (Å²) >= 11 is 5.96. The van der Waals surface area contributed by atoms with Crippen molar-refractivity contribution in [2.45, 2.75) is 32.1 Å². The van der Waals surface area contributed by atoms with E-state index in [9.17, 15) is 4.79 Å². The van der Waals surface area contributed by atoms with E-state index in [1.807, 2.05) is 0 Å². The fourth-order valence-corrected chi connectivity index (χ4v) is 2.04. The zero-order valence-electron chi connectivity index (χ0n) is 11.0. The maximum absolute atomic E-state index is 11.7. The van der Waals surface area contributed by atoms with Gasteiger partial charge in [-0.15, -0.1) is 0 Å². The number of H-pyrrole nitrogens is 1. The van der Waals surface area contributed by atoms with E-state index in [0.29, 0.717) is 24.1 Å². The number of carbonyl (C=O) groups is 1. The Hall–Kier alpha value is -1.73. The van der Waals surface area contributed by atoms with Gasteiger partial charge in [-0.05, 0) is 19.4 Å². The van der Waals surface area contributed by atoms with Gasteiger partial charge in [0.1, 0.15) is 5.52 Å². The Balaban J connectivity index is 1.86. The van der Waals surface area contributed by atoms with Gasteiger partial charge >= 0.3 is 0 Å².